The fourth-order valence-corrected chi connectivity index (χ4v) is 2.74. The van der Waals surface area contributed by atoms with Gasteiger partial charge in [0.05, 0.1) is 6.61 Å². The van der Waals surface area contributed by atoms with Gasteiger partial charge in [-0.15, -0.1) is 11.8 Å². The molecule has 0 saturated heterocycles. The molecule has 0 N–H and O–H groups in total. The average Bonchev–Trinajstić information content (AvgIpc) is 2.60. The molecule has 0 spiro atoms. The molecule has 0 radical (unpaired) electrons. The Morgan fingerprint density at radius 3 is 2.22 bits per heavy atom. The van der Waals surface area contributed by atoms with Crippen LogP contribution in [0.4, 0.5) is 0 Å². The molecule has 0 fully saturated rings. The first-order valence-electron chi connectivity index (χ1n) is 7.84. The molecule has 3 nitrogen and oxygen atoms in total. The van der Waals surface area contributed by atoms with Crippen LogP contribution < -0.4 is 9.47 Å². The predicted molar refractivity (Wildman–Crippen MR) is 94.5 cm³/mol. The molecule has 0 bridgehead atoms. The van der Waals surface area contributed by atoms with Gasteiger partial charge in [-0.2, -0.15) is 0 Å². The van der Waals surface area contributed by atoms with Gasteiger partial charge in [-0.1, -0.05) is 26.0 Å². The van der Waals surface area contributed by atoms with Crippen LogP contribution in [0.25, 0.3) is 0 Å². The number of rotatable bonds is 9. The smallest absolute Gasteiger partial charge is 0.179 e. The maximum absolute atomic E-state index is 11.4. The van der Waals surface area contributed by atoms with Crippen LogP contribution in [0.5, 0.6) is 11.5 Å². The normalized spacial score (nSPS) is 11.7. The van der Waals surface area contributed by atoms with E-state index in [9.17, 15) is 4.79 Å². The molecule has 1 atom stereocenters. The van der Waals surface area contributed by atoms with Crippen LogP contribution in [0.3, 0.4) is 0 Å². The summed E-state index contributed by atoms with van der Waals surface area (Å²) < 4.78 is 11.3. The molecule has 0 aliphatic rings. The van der Waals surface area contributed by atoms with E-state index >= 15 is 0 Å². The first-order chi connectivity index (χ1) is 11.3. The fourth-order valence-electron chi connectivity index (χ4n) is 2.08. The van der Waals surface area contributed by atoms with E-state index in [4.69, 9.17) is 9.47 Å². The number of benzene rings is 2. The Labute approximate surface area is 142 Å². The third kappa shape index (κ3) is 5.32. The van der Waals surface area contributed by atoms with E-state index in [1.54, 1.807) is 11.8 Å². The molecule has 0 aliphatic heterocycles. The van der Waals surface area contributed by atoms with E-state index < -0.39 is 6.10 Å². The standard InChI is InChI=1S/C19H22O3S/c1-3-13-21-16-7-9-17(10-8-16)22-19(14-20)15-5-11-18(12-6-15)23-4-2/h5-12,14,19H,3-4,13H2,1-2H3. The van der Waals surface area contributed by atoms with Gasteiger partial charge >= 0.3 is 0 Å². The zero-order chi connectivity index (χ0) is 16.5. The lowest BCUT2D eigenvalue weighted by atomic mass is 10.1. The van der Waals surface area contributed by atoms with Crippen LogP contribution in [0, 0.1) is 0 Å². The largest absolute Gasteiger partial charge is 0.494 e. The topological polar surface area (TPSA) is 35.5 Å². The summed E-state index contributed by atoms with van der Waals surface area (Å²) in [6, 6.07) is 15.3. The van der Waals surface area contributed by atoms with E-state index in [1.807, 2.05) is 48.5 Å². The molecule has 0 saturated carbocycles. The van der Waals surface area contributed by atoms with Crippen molar-refractivity contribution < 1.29 is 14.3 Å². The molecule has 2 rings (SSSR count). The second-order valence-corrected chi connectivity index (χ2v) is 6.33. The van der Waals surface area contributed by atoms with Crippen LogP contribution in [-0.2, 0) is 4.79 Å². The van der Waals surface area contributed by atoms with Gasteiger partial charge in [0, 0.05) is 4.90 Å². The quantitative estimate of drug-likeness (QED) is 0.483. The lowest BCUT2D eigenvalue weighted by Crippen LogP contribution is -2.08. The van der Waals surface area contributed by atoms with Gasteiger partial charge in [-0.05, 0) is 54.1 Å². The highest BCUT2D eigenvalue weighted by Gasteiger charge is 2.12. The maximum atomic E-state index is 11.4. The third-order valence-electron chi connectivity index (χ3n) is 3.20. The Hall–Kier alpha value is -1.94. The van der Waals surface area contributed by atoms with Gasteiger partial charge in [0.1, 0.15) is 11.5 Å². The first-order valence-corrected chi connectivity index (χ1v) is 8.83. The monoisotopic (exact) mass is 330 g/mol. The van der Waals surface area contributed by atoms with Crippen molar-refractivity contribution in [3.63, 3.8) is 0 Å². The van der Waals surface area contributed by atoms with Crippen LogP contribution in [0.15, 0.2) is 53.4 Å². The van der Waals surface area contributed by atoms with Crippen molar-refractivity contribution in [1.29, 1.82) is 0 Å². The lowest BCUT2D eigenvalue weighted by molar-refractivity contribution is -0.113. The molecule has 0 heterocycles. The number of hydrogen-bond donors (Lipinski definition) is 0. The highest BCUT2D eigenvalue weighted by atomic mass is 32.2. The Kier molecular flexibility index (Phi) is 7.01. The molecular formula is C19H22O3S. The molecule has 2 aromatic rings. The van der Waals surface area contributed by atoms with Gasteiger partial charge in [0.15, 0.2) is 12.4 Å². The van der Waals surface area contributed by atoms with E-state index in [1.165, 1.54) is 4.90 Å². The van der Waals surface area contributed by atoms with Crippen molar-refractivity contribution in [1.82, 2.24) is 0 Å². The van der Waals surface area contributed by atoms with Gasteiger partial charge in [-0.3, -0.25) is 4.79 Å². The van der Waals surface area contributed by atoms with Crippen molar-refractivity contribution in [3.05, 3.63) is 54.1 Å². The summed E-state index contributed by atoms with van der Waals surface area (Å²) in [7, 11) is 0. The number of hydrogen-bond acceptors (Lipinski definition) is 4. The number of thioether (sulfide) groups is 1. The summed E-state index contributed by atoms with van der Waals surface area (Å²) in [6.07, 6.45) is 1.19. The van der Waals surface area contributed by atoms with Gasteiger partial charge in [-0.25, -0.2) is 0 Å². The van der Waals surface area contributed by atoms with Crippen molar-refractivity contribution in [2.75, 3.05) is 12.4 Å². The van der Waals surface area contributed by atoms with E-state index in [0.717, 1.165) is 29.8 Å². The maximum Gasteiger partial charge on any atom is 0.179 e. The number of ether oxygens (including phenoxy) is 2. The van der Waals surface area contributed by atoms with Gasteiger partial charge in [0.25, 0.3) is 0 Å². The number of carbonyl (C=O) groups is 1. The van der Waals surface area contributed by atoms with Crippen LogP contribution in [0.2, 0.25) is 0 Å². The molecule has 0 aromatic heterocycles. The third-order valence-corrected chi connectivity index (χ3v) is 4.10. The molecule has 23 heavy (non-hydrogen) atoms. The zero-order valence-corrected chi connectivity index (χ0v) is 14.3. The number of aldehydes is 1. The second kappa shape index (κ2) is 9.26. The Morgan fingerprint density at radius 1 is 1.00 bits per heavy atom. The van der Waals surface area contributed by atoms with E-state index in [-0.39, 0.29) is 0 Å². The predicted octanol–water partition coefficient (Wildman–Crippen LogP) is 4.91. The minimum Gasteiger partial charge on any atom is -0.494 e. The summed E-state index contributed by atoms with van der Waals surface area (Å²) in [5.41, 5.74) is 0.853. The highest BCUT2D eigenvalue weighted by molar-refractivity contribution is 7.99. The summed E-state index contributed by atoms with van der Waals surface area (Å²) in [5, 5.41) is 0. The van der Waals surface area contributed by atoms with Crippen LogP contribution >= 0.6 is 11.8 Å². The molecule has 0 amide bonds. The minimum absolute atomic E-state index is 0.599. The Balaban J connectivity index is 2.02. The van der Waals surface area contributed by atoms with Crippen LogP contribution in [0.1, 0.15) is 31.9 Å². The molecule has 122 valence electrons. The second-order valence-electron chi connectivity index (χ2n) is 5.00. The molecule has 4 heteroatoms. The molecular weight excluding hydrogens is 308 g/mol. The summed E-state index contributed by atoms with van der Waals surface area (Å²) in [5.74, 6) is 2.49. The molecule has 1 unspecified atom stereocenters. The summed E-state index contributed by atoms with van der Waals surface area (Å²) >= 11 is 1.77. The van der Waals surface area contributed by atoms with Crippen molar-refractivity contribution in [2.24, 2.45) is 0 Å². The molecule has 2 aromatic carbocycles. The van der Waals surface area contributed by atoms with Crippen molar-refractivity contribution in [3.8, 4) is 11.5 Å². The Morgan fingerprint density at radius 2 is 1.65 bits per heavy atom. The summed E-state index contributed by atoms with van der Waals surface area (Å²) in [6.45, 7) is 4.87. The Bertz CT molecular complexity index is 593. The fraction of sp³-hybridized carbons (Fsp3) is 0.316. The zero-order valence-electron chi connectivity index (χ0n) is 13.5. The van der Waals surface area contributed by atoms with Gasteiger partial charge in [0.2, 0.25) is 0 Å². The number of carbonyl (C=O) groups excluding carboxylic acids is 1. The summed E-state index contributed by atoms with van der Waals surface area (Å²) in [4.78, 5) is 12.6. The van der Waals surface area contributed by atoms with Crippen molar-refractivity contribution >= 4 is 18.0 Å². The average molecular weight is 330 g/mol. The van der Waals surface area contributed by atoms with Crippen molar-refractivity contribution in [2.45, 2.75) is 31.3 Å². The van der Waals surface area contributed by atoms with Crippen LogP contribution in [-0.4, -0.2) is 18.6 Å². The molecule has 0 aliphatic carbocycles. The van der Waals surface area contributed by atoms with Gasteiger partial charge < -0.3 is 9.47 Å². The highest BCUT2D eigenvalue weighted by Crippen LogP contribution is 2.25. The minimum atomic E-state index is -0.599. The SMILES string of the molecule is CCCOc1ccc(OC(C=O)c2ccc(SCC)cc2)cc1. The van der Waals surface area contributed by atoms with E-state index in [0.29, 0.717) is 12.4 Å². The van der Waals surface area contributed by atoms with E-state index in [2.05, 4.69) is 13.8 Å². The first kappa shape index (κ1) is 17.4. The lowest BCUT2D eigenvalue weighted by Gasteiger charge is -2.15.